The normalized spacial score (nSPS) is 36.9. The fraction of sp³-hybridized carbons (Fsp3) is 0.667. The van der Waals surface area contributed by atoms with E-state index in [4.69, 9.17) is 16.3 Å². The van der Waals surface area contributed by atoms with E-state index in [0.29, 0.717) is 17.3 Å². The summed E-state index contributed by atoms with van der Waals surface area (Å²) in [6.45, 7) is 0.485. The quantitative estimate of drug-likeness (QED) is 0.784. The molecule has 0 radical (unpaired) electrons. The predicted octanol–water partition coefficient (Wildman–Crippen LogP) is 2.81. The molecule has 1 heterocycles. The highest BCUT2D eigenvalue weighted by Crippen LogP contribution is 2.63. The van der Waals surface area contributed by atoms with Gasteiger partial charge in [-0.1, -0.05) is 30.2 Å². The number of morpholine rings is 1. The smallest absolute Gasteiger partial charge is 0.245 e. The Hall–Kier alpha value is -1.15. The molecule has 158 valence electrons. The topological polar surface area (TPSA) is 75.7 Å². The molecular formula is C21H27ClN2O4S. The largest absolute Gasteiger partial charge is 0.378 e. The number of hydrogen-bond acceptors (Lipinski definition) is 4. The molecule has 8 heteroatoms. The molecule has 3 atom stereocenters. The second kappa shape index (κ2) is 7.22. The van der Waals surface area contributed by atoms with Gasteiger partial charge in [0.25, 0.3) is 0 Å². The first kappa shape index (κ1) is 19.8. The van der Waals surface area contributed by atoms with Crippen molar-refractivity contribution < 1.29 is 17.9 Å². The fourth-order valence-electron chi connectivity index (χ4n) is 6.23. The summed E-state index contributed by atoms with van der Waals surface area (Å²) >= 11 is 6.16. The monoisotopic (exact) mass is 438 g/mol. The average Bonchev–Trinajstić information content (AvgIpc) is 2.69. The summed E-state index contributed by atoms with van der Waals surface area (Å²) in [4.78, 5) is 13.3. The number of amides is 1. The minimum atomic E-state index is -3.89. The number of carbonyl (C=O) groups is 1. The van der Waals surface area contributed by atoms with Crippen molar-refractivity contribution in [2.45, 2.75) is 55.5 Å². The van der Waals surface area contributed by atoms with Gasteiger partial charge < -0.3 is 10.1 Å². The highest BCUT2D eigenvalue weighted by atomic mass is 35.5. The van der Waals surface area contributed by atoms with Gasteiger partial charge in [-0.25, -0.2) is 8.42 Å². The van der Waals surface area contributed by atoms with Gasteiger partial charge in [0.1, 0.15) is 10.9 Å². The van der Waals surface area contributed by atoms with Gasteiger partial charge in [-0.05, 0) is 61.5 Å². The molecule has 5 aliphatic rings. The Labute approximate surface area is 177 Å². The van der Waals surface area contributed by atoms with Crippen LogP contribution in [0.15, 0.2) is 29.2 Å². The maximum atomic E-state index is 13.3. The molecule has 6 rings (SSSR count). The number of carbonyl (C=O) groups excluding carboxylic acids is 1. The fourth-order valence-corrected chi connectivity index (χ4v) is 8.28. The van der Waals surface area contributed by atoms with Gasteiger partial charge in [0.05, 0.1) is 18.2 Å². The van der Waals surface area contributed by atoms with Gasteiger partial charge in [0.2, 0.25) is 15.9 Å². The molecule has 1 N–H and O–H groups in total. The molecule has 5 fully saturated rings. The Morgan fingerprint density at radius 3 is 2.76 bits per heavy atom. The van der Waals surface area contributed by atoms with Crippen LogP contribution in [-0.4, -0.2) is 50.5 Å². The molecule has 3 bridgehead atoms. The lowest BCUT2D eigenvalue weighted by atomic mass is 9.45. The van der Waals surface area contributed by atoms with Crippen LogP contribution in [0.2, 0.25) is 5.02 Å². The summed E-state index contributed by atoms with van der Waals surface area (Å²) in [5, 5.41) is 3.40. The summed E-state index contributed by atoms with van der Waals surface area (Å²) in [7, 11) is -3.89. The van der Waals surface area contributed by atoms with E-state index in [9.17, 15) is 13.2 Å². The maximum Gasteiger partial charge on any atom is 0.245 e. The van der Waals surface area contributed by atoms with E-state index in [1.165, 1.54) is 42.5 Å². The molecule has 1 spiro atoms. The Kier molecular flexibility index (Phi) is 4.93. The molecule has 1 amide bonds. The molecule has 6 nitrogen and oxygen atoms in total. The first-order valence-corrected chi connectivity index (χ1v) is 12.4. The van der Waals surface area contributed by atoms with Crippen molar-refractivity contribution in [2.75, 3.05) is 19.8 Å². The van der Waals surface area contributed by atoms with Crippen molar-refractivity contribution in [1.82, 2.24) is 9.62 Å². The third-order valence-electron chi connectivity index (χ3n) is 7.50. The third kappa shape index (κ3) is 3.30. The Bertz CT molecular complexity index is 915. The van der Waals surface area contributed by atoms with Crippen molar-refractivity contribution in [1.29, 1.82) is 0 Å². The number of halogens is 1. The molecule has 29 heavy (non-hydrogen) atoms. The van der Waals surface area contributed by atoms with Crippen LogP contribution in [-0.2, 0) is 19.6 Å². The van der Waals surface area contributed by atoms with Crippen molar-refractivity contribution in [3.05, 3.63) is 29.3 Å². The summed E-state index contributed by atoms with van der Waals surface area (Å²) in [5.41, 5.74) is 0.544. The van der Waals surface area contributed by atoms with E-state index >= 15 is 0 Å². The molecule has 4 saturated carbocycles. The van der Waals surface area contributed by atoms with Crippen LogP contribution in [0.5, 0.6) is 0 Å². The van der Waals surface area contributed by atoms with Crippen LogP contribution in [0.4, 0.5) is 0 Å². The Morgan fingerprint density at radius 1 is 1.21 bits per heavy atom. The van der Waals surface area contributed by atoms with Gasteiger partial charge in [-0.3, -0.25) is 4.79 Å². The van der Waals surface area contributed by atoms with Gasteiger partial charge in [0.15, 0.2) is 0 Å². The minimum absolute atomic E-state index is 0.0371. The number of rotatable bonds is 4. The maximum absolute atomic E-state index is 13.3. The SMILES string of the molecule is O=C(NC1C2CCCC3(C2)CC1C3)C1COCCN1S(=O)(=O)c1ccccc1Cl. The Balaban J connectivity index is 1.36. The molecule has 4 aliphatic carbocycles. The lowest BCUT2D eigenvalue weighted by Crippen LogP contribution is -2.64. The van der Waals surface area contributed by atoms with E-state index < -0.39 is 16.1 Å². The Morgan fingerprint density at radius 2 is 1.97 bits per heavy atom. The van der Waals surface area contributed by atoms with Gasteiger partial charge >= 0.3 is 0 Å². The van der Waals surface area contributed by atoms with Crippen LogP contribution >= 0.6 is 11.6 Å². The van der Waals surface area contributed by atoms with Gasteiger partial charge in [-0.15, -0.1) is 0 Å². The lowest BCUT2D eigenvalue weighted by molar-refractivity contribution is -0.138. The average molecular weight is 439 g/mol. The molecule has 1 aliphatic heterocycles. The number of sulfonamides is 1. The number of ether oxygens (including phenoxy) is 1. The minimum Gasteiger partial charge on any atom is -0.378 e. The van der Waals surface area contributed by atoms with Crippen molar-refractivity contribution in [2.24, 2.45) is 17.3 Å². The summed E-state index contributed by atoms with van der Waals surface area (Å²) < 4.78 is 33.3. The van der Waals surface area contributed by atoms with Crippen molar-refractivity contribution >= 4 is 27.5 Å². The highest BCUT2D eigenvalue weighted by Gasteiger charge is 2.57. The molecule has 1 aromatic carbocycles. The first-order valence-electron chi connectivity index (χ1n) is 10.5. The van der Waals surface area contributed by atoms with Crippen LogP contribution in [0.1, 0.15) is 38.5 Å². The first-order chi connectivity index (χ1) is 13.9. The lowest BCUT2D eigenvalue weighted by Gasteiger charge is -2.62. The van der Waals surface area contributed by atoms with E-state index in [0.717, 1.165) is 6.42 Å². The number of nitrogens with zero attached hydrogens (tertiary/aromatic N) is 1. The van der Waals surface area contributed by atoms with Crippen LogP contribution < -0.4 is 5.32 Å². The molecule has 1 saturated heterocycles. The summed E-state index contributed by atoms with van der Waals surface area (Å²) in [6, 6.07) is 5.67. The molecule has 1 aromatic rings. The standard InChI is InChI=1S/C21H27ClN2O4S/c22-16-5-1-2-6-18(16)29(26,27)24-8-9-28-13-17(24)20(25)23-19-14-4-3-7-21(10-14)11-15(19)12-21/h1-2,5-6,14-15,17,19H,3-4,7-13H2,(H,23,25). The van der Waals surface area contributed by atoms with Crippen molar-refractivity contribution in [3.63, 3.8) is 0 Å². The predicted molar refractivity (Wildman–Crippen MR) is 109 cm³/mol. The van der Waals surface area contributed by atoms with Crippen LogP contribution in [0, 0.1) is 17.3 Å². The second-order valence-electron chi connectivity index (χ2n) is 9.20. The van der Waals surface area contributed by atoms with Crippen LogP contribution in [0.3, 0.4) is 0 Å². The summed E-state index contributed by atoms with van der Waals surface area (Å²) in [5.74, 6) is 0.824. The second-order valence-corrected chi connectivity index (χ2v) is 11.5. The van der Waals surface area contributed by atoms with Gasteiger partial charge in [-0.2, -0.15) is 4.31 Å². The third-order valence-corrected chi connectivity index (χ3v) is 9.91. The van der Waals surface area contributed by atoms with Gasteiger partial charge in [0, 0.05) is 12.6 Å². The number of nitrogens with one attached hydrogen (secondary N) is 1. The summed E-state index contributed by atoms with van der Waals surface area (Å²) in [6.07, 6.45) is 7.35. The van der Waals surface area contributed by atoms with E-state index in [2.05, 4.69) is 5.32 Å². The number of hydrogen-bond donors (Lipinski definition) is 1. The van der Waals surface area contributed by atoms with Crippen LogP contribution in [0.25, 0.3) is 0 Å². The number of benzene rings is 1. The zero-order valence-electron chi connectivity index (χ0n) is 16.3. The van der Waals surface area contributed by atoms with E-state index in [1.807, 2.05) is 0 Å². The molecule has 3 unspecified atom stereocenters. The molecule has 0 aromatic heterocycles. The van der Waals surface area contributed by atoms with E-state index in [-0.39, 0.29) is 41.6 Å². The zero-order chi connectivity index (χ0) is 20.2. The van der Waals surface area contributed by atoms with Crippen molar-refractivity contribution in [3.8, 4) is 0 Å². The highest BCUT2D eigenvalue weighted by molar-refractivity contribution is 7.89. The van der Waals surface area contributed by atoms with E-state index in [1.54, 1.807) is 18.2 Å². The molecular weight excluding hydrogens is 412 g/mol. The zero-order valence-corrected chi connectivity index (χ0v) is 17.9.